The lowest BCUT2D eigenvalue weighted by Crippen LogP contribution is -2.26. The first-order valence-corrected chi connectivity index (χ1v) is 34.0. The second-order valence-corrected chi connectivity index (χ2v) is 28.0. The Hall–Kier alpha value is -7.84. The molecule has 8 heteroatoms. The van der Waals surface area contributed by atoms with E-state index in [0.717, 1.165) is 127 Å². The van der Waals surface area contributed by atoms with Gasteiger partial charge in [-0.15, -0.1) is 0 Å². The minimum Gasteiger partial charge on any atom is -0.507 e. The number of fused-ring (bicyclic) bond motifs is 14. The van der Waals surface area contributed by atoms with Crippen LogP contribution in [0.15, 0.2) is 167 Å². The average Bonchev–Trinajstić information content (AvgIpc) is 1.81. The van der Waals surface area contributed by atoms with Crippen molar-refractivity contribution >= 4 is 0 Å². The van der Waals surface area contributed by atoms with Crippen molar-refractivity contribution in [2.45, 2.75) is 191 Å². The summed E-state index contributed by atoms with van der Waals surface area (Å²) in [5, 5.41) is 76.8. The Kier molecular flexibility index (Phi) is 15.2. The molecule has 0 aromatic heterocycles. The highest BCUT2D eigenvalue weighted by Gasteiger charge is 2.42. The number of phenolic OH excluding ortho intramolecular Hbond substituents is 6. The number of phenols is 6. The van der Waals surface area contributed by atoms with Gasteiger partial charge in [0.15, 0.2) is 0 Å². The summed E-state index contributed by atoms with van der Waals surface area (Å²) in [5.74, 6) is -0.338. The Bertz CT molecular complexity index is 3960. The van der Waals surface area contributed by atoms with Crippen molar-refractivity contribution in [2.24, 2.45) is 17.8 Å². The van der Waals surface area contributed by atoms with Gasteiger partial charge in [0, 0.05) is 98.4 Å². The quantitative estimate of drug-likeness (QED) is 0.0969. The lowest BCUT2D eigenvalue weighted by Gasteiger charge is -2.36. The minimum atomic E-state index is -0.838. The Morgan fingerprint density at radius 3 is 1.25 bits per heavy atom. The largest absolute Gasteiger partial charge is 0.507 e. The second kappa shape index (κ2) is 23.5. The first-order valence-electron chi connectivity index (χ1n) is 34.0. The van der Waals surface area contributed by atoms with Gasteiger partial charge in [-0.25, -0.2) is 0 Å². The molecule has 2 heterocycles. The van der Waals surface area contributed by atoms with Gasteiger partial charge in [-0.1, -0.05) is 162 Å². The second-order valence-electron chi connectivity index (χ2n) is 28.0. The summed E-state index contributed by atoms with van der Waals surface area (Å²) < 4.78 is 15.3. The summed E-state index contributed by atoms with van der Waals surface area (Å²) in [5.41, 5.74) is 15.1. The van der Waals surface area contributed by atoms with E-state index in [1.165, 1.54) is 91.8 Å². The van der Waals surface area contributed by atoms with Crippen LogP contribution in [-0.4, -0.2) is 36.7 Å². The van der Waals surface area contributed by atoms with E-state index in [9.17, 15) is 30.6 Å². The molecule has 6 unspecified atom stereocenters. The van der Waals surface area contributed by atoms with Crippen molar-refractivity contribution in [2.75, 3.05) is 0 Å². The van der Waals surface area contributed by atoms with Gasteiger partial charge in [-0.05, 0) is 169 Å². The lowest BCUT2D eigenvalue weighted by atomic mass is 9.73. The molecule has 7 aliphatic carbocycles. The molecule has 458 valence electrons. The first-order chi connectivity index (χ1) is 43.3. The average molecular weight is 1190 g/mol. The number of hydrogen-bond donors (Lipinski definition) is 6. The molecule has 15 rings (SSSR count). The van der Waals surface area contributed by atoms with E-state index < -0.39 is 23.7 Å². The maximum Gasteiger partial charge on any atom is 0.139 e. The summed E-state index contributed by atoms with van der Waals surface area (Å²) in [7, 11) is 0. The lowest BCUT2D eigenvalue weighted by molar-refractivity contribution is 0.248. The van der Waals surface area contributed by atoms with Crippen LogP contribution >= 0.6 is 0 Å². The maximum atomic E-state index is 12.9. The van der Waals surface area contributed by atoms with Crippen molar-refractivity contribution in [3.63, 3.8) is 0 Å². The van der Waals surface area contributed by atoms with Crippen LogP contribution in [0.2, 0.25) is 0 Å². The molecule has 0 radical (unpaired) electrons. The number of allylic oxidation sites excluding steroid dienone is 9. The van der Waals surface area contributed by atoms with Gasteiger partial charge in [0.25, 0.3) is 0 Å². The fourth-order valence-corrected chi connectivity index (χ4v) is 17.9. The van der Waals surface area contributed by atoms with Crippen molar-refractivity contribution in [3.05, 3.63) is 233 Å². The SMILES string of the molecule is CC1=CC2Oc3cc4c5cc3C(C1=CC=C2C1CCCCC1)c1cc(c(O)cc1O)C(c1ccc(C2CCCCC2)cc1)c1cc(c(O)cc1O)C(c1ccc(C2CCCCC2)cc1)c1cc(c(O)cc1O)C5C1=C(C)C(C)C(=C(C2CCCCC2)C=C1)O4. The Morgan fingerprint density at radius 1 is 0.371 bits per heavy atom. The van der Waals surface area contributed by atoms with Gasteiger partial charge in [-0.2, -0.15) is 0 Å². The van der Waals surface area contributed by atoms with Crippen LogP contribution in [-0.2, 0) is 0 Å². The molecule has 89 heavy (non-hydrogen) atoms. The first kappa shape index (κ1) is 57.6. The standard InChI is InChI=1S/C81H86O8/c1-45-36-74-58(52-20-12-6-13-21-52)34-32-56(45)79-64-38-62(70(84)42-72(64)86)77(54-28-24-50(25-29-54)48-16-8-4-9-17-48)60-37-61(69(83)41-68(60)82)78(55-30-26-51(27-31-55)49-18-10-5-11-19-49)63-39-65(73(87)43-71(63)85)80-57-33-35-59(53-22-14-7-15-23-53)81(47(3)46(57)2)89-76-44-75(88-74)66(79)40-67(76)80/h24-44,47-49,52-53,74,77-80,82-87H,4-23H2,1-3H3. The van der Waals surface area contributed by atoms with Crippen LogP contribution in [0, 0.1) is 17.8 Å². The predicted molar refractivity (Wildman–Crippen MR) is 352 cm³/mol. The van der Waals surface area contributed by atoms with E-state index in [0.29, 0.717) is 68.6 Å². The van der Waals surface area contributed by atoms with Crippen LogP contribution < -0.4 is 9.47 Å². The molecule has 6 N–H and O–H groups in total. The van der Waals surface area contributed by atoms with Gasteiger partial charge in [0.1, 0.15) is 57.9 Å². The summed E-state index contributed by atoms with van der Waals surface area (Å²) in [6, 6.07) is 31.7. The van der Waals surface area contributed by atoms with Crippen LogP contribution in [0.1, 0.15) is 251 Å². The maximum absolute atomic E-state index is 12.9. The van der Waals surface area contributed by atoms with E-state index in [1.54, 1.807) is 0 Å². The van der Waals surface area contributed by atoms with E-state index in [1.807, 2.05) is 18.2 Å². The molecule has 4 fully saturated rings. The molecule has 0 amide bonds. The molecule has 12 bridgehead atoms. The number of hydrogen-bond acceptors (Lipinski definition) is 8. The summed E-state index contributed by atoms with van der Waals surface area (Å²) in [6.07, 6.45) is 34.0. The third kappa shape index (κ3) is 10.3. The molecule has 2 aliphatic heterocycles. The molecule has 6 aromatic carbocycles. The Labute approximate surface area is 525 Å². The number of rotatable bonds is 6. The molecule has 6 atom stereocenters. The smallest absolute Gasteiger partial charge is 0.139 e. The van der Waals surface area contributed by atoms with E-state index in [4.69, 9.17) is 9.47 Å². The molecule has 0 spiro atoms. The third-order valence-corrected chi connectivity index (χ3v) is 22.9. The molecule has 6 aromatic rings. The van der Waals surface area contributed by atoms with Gasteiger partial charge in [-0.3, -0.25) is 0 Å². The molecule has 8 nitrogen and oxygen atoms in total. The predicted octanol–water partition coefficient (Wildman–Crippen LogP) is 19.9. The van der Waals surface area contributed by atoms with Gasteiger partial charge >= 0.3 is 0 Å². The summed E-state index contributed by atoms with van der Waals surface area (Å²) in [4.78, 5) is 0. The number of benzene rings is 6. The van der Waals surface area contributed by atoms with Crippen molar-refractivity contribution < 1.29 is 40.1 Å². The fourth-order valence-electron chi connectivity index (χ4n) is 17.9. The highest BCUT2D eigenvalue weighted by atomic mass is 16.5. The fraction of sp³-hybridized carbons (Fsp3) is 0.407. The van der Waals surface area contributed by atoms with Gasteiger partial charge < -0.3 is 40.1 Å². The Morgan fingerprint density at radius 2 is 0.764 bits per heavy atom. The number of aromatic hydroxyl groups is 6. The van der Waals surface area contributed by atoms with Crippen molar-refractivity contribution in [1.29, 1.82) is 0 Å². The van der Waals surface area contributed by atoms with Gasteiger partial charge in [0.05, 0.1) is 0 Å². The molecule has 9 aliphatic rings. The zero-order chi connectivity index (χ0) is 60.8. The molecule has 4 saturated carbocycles. The van der Waals surface area contributed by atoms with Crippen molar-refractivity contribution in [1.82, 2.24) is 0 Å². The van der Waals surface area contributed by atoms with Crippen LogP contribution in [0.5, 0.6) is 46.0 Å². The monoisotopic (exact) mass is 1190 g/mol. The number of ether oxygens (including phenoxy) is 2. The zero-order valence-corrected chi connectivity index (χ0v) is 52.0. The Balaban J connectivity index is 1.05. The van der Waals surface area contributed by atoms with Gasteiger partial charge in [0.2, 0.25) is 0 Å². The third-order valence-electron chi connectivity index (χ3n) is 22.9. The van der Waals surface area contributed by atoms with E-state index in [-0.39, 0.29) is 46.5 Å². The summed E-state index contributed by atoms with van der Waals surface area (Å²) in [6.45, 7) is 6.59. The molecule has 0 saturated heterocycles. The van der Waals surface area contributed by atoms with Crippen LogP contribution in [0.25, 0.3) is 0 Å². The topological polar surface area (TPSA) is 140 Å². The highest BCUT2D eigenvalue weighted by Crippen LogP contribution is 2.58. The van der Waals surface area contributed by atoms with Crippen LogP contribution in [0.4, 0.5) is 0 Å². The molecular formula is C81H86O8. The van der Waals surface area contributed by atoms with E-state index >= 15 is 0 Å². The summed E-state index contributed by atoms with van der Waals surface area (Å²) >= 11 is 0. The zero-order valence-electron chi connectivity index (χ0n) is 52.0. The highest BCUT2D eigenvalue weighted by molar-refractivity contribution is 5.70. The minimum absolute atomic E-state index is 0.0899. The van der Waals surface area contributed by atoms with Crippen LogP contribution in [0.3, 0.4) is 0 Å². The molecular weight excluding hydrogens is 1100 g/mol. The normalized spacial score (nSPS) is 24.9. The van der Waals surface area contributed by atoms with E-state index in [2.05, 4.69) is 112 Å². The van der Waals surface area contributed by atoms with Crippen molar-refractivity contribution in [3.8, 4) is 46.0 Å².